The Labute approximate surface area is 189 Å². The summed E-state index contributed by atoms with van der Waals surface area (Å²) >= 11 is 0. The van der Waals surface area contributed by atoms with Gasteiger partial charge in [0, 0.05) is 33.2 Å². The fourth-order valence-corrected chi connectivity index (χ4v) is 3.34. The Morgan fingerprint density at radius 1 is 1.07 bits per heavy atom. The number of guanidine groups is 1. The summed E-state index contributed by atoms with van der Waals surface area (Å²) in [5, 5.41) is 6.78. The van der Waals surface area contributed by atoms with Gasteiger partial charge in [0.25, 0.3) is 0 Å². The molecule has 158 valence electrons. The summed E-state index contributed by atoms with van der Waals surface area (Å²) in [4.78, 5) is 6.71. The van der Waals surface area contributed by atoms with E-state index in [1.165, 1.54) is 23.3 Å². The van der Waals surface area contributed by atoms with Crippen molar-refractivity contribution in [3.63, 3.8) is 0 Å². The Kier molecular flexibility index (Phi) is 9.83. The number of benzene rings is 2. The van der Waals surface area contributed by atoms with Crippen molar-refractivity contribution in [2.24, 2.45) is 4.99 Å². The highest BCUT2D eigenvalue weighted by molar-refractivity contribution is 14.0. The predicted molar refractivity (Wildman–Crippen MR) is 126 cm³/mol. The summed E-state index contributed by atoms with van der Waals surface area (Å²) in [7, 11) is 1.77. The SMILES string of the molecule is CN=C(NCc1ccc(C)cc1)NCC(c1ccc(F)cc1)N1CCOCC1.I. The van der Waals surface area contributed by atoms with Crippen LogP contribution in [0.1, 0.15) is 22.7 Å². The van der Waals surface area contributed by atoms with Crippen LogP contribution in [0.3, 0.4) is 0 Å². The van der Waals surface area contributed by atoms with Gasteiger partial charge in [-0.15, -0.1) is 24.0 Å². The molecule has 0 radical (unpaired) electrons. The Morgan fingerprint density at radius 3 is 2.34 bits per heavy atom. The fraction of sp³-hybridized carbons (Fsp3) is 0.409. The fourth-order valence-electron chi connectivity index (χ4n) is 3.34. The molecule has 7 heteroatoms. The molecule has 1 unspecified atom stereocenters. The van der Waals surface area contributed by atoms with Crippen molar-refractivity contribution < 1.29 is 9.13 Å². The molecule has 1 fully saturated rings. The first-order chi connectivity index (χ1) is 13.7. The second kappa shape index (κ2) is 12.1. The van der Waals surface area contributed by atoms with Gasteiger partial charge in [0.1, 0.15) is 5.82 Å². The normalized spacial score (nSPS) is 16.0. The van der Waals surface area contributed by atoms with E-state index in [2.05, 4.69) is 51.7 Å². The average Bonchev–Trinajstić information content (AvgIpc) is 2.73. The summed E-state index contributed by atoms with van der Waals surface area (Å²) in [6, 6.07) is 15.3. The van der Waals surface area contributed by atoms with Crippen LogP contribution in [-0.4, -0.2) is 50.8 Å². The van der Waals surface area contributed by atoms with E-state index >= 15 is 0 Å². The van der Waals surface area contributed by atoms with Gasteiger partial charge < -0.3 is 15.4 Å². The molecule has 0 aromatic heterocycles. The van der Waals surface area contributed by atoms with Gasteiger partial charge >= 0.3 is 0 Å². The number of morpholine rings is 1. The minimum absolute atomic E-state index is 0. The maximum atomic E-state index is 13.4. The summed E-state index contributed by atoms with van der Waals surface area (Å²) in [5.74, 6) is 0.536. The highest BCUT2D eigenvalue weighted by Crippen LogP contribution is 2.21. The average molecular weight is 512 g/mol. The third-order valence-electron chi connectivity index (χ3n) is 5.01. The zero-order valence-electron chi connectivity index (χ0n) is 17.0. The highest BCUT2D eigenvalue weighted by atomic mass is 127. The first kappa shape index (κ1) is 23.6. The van der Waals surface area contributed by atoms with E-state index in [1.54, 1.807) is 7.05 Å². The van der Waals surface area contributed by atoms with Crippen molar-refractivity contribution in [1.29, 1.82) is 0 Å². The maximum Gasteiger partial charge on any atom is 0.191 e. The van der Waals surface area contributed by atoms with Crippen molar-refractivity contribution in [2.75, 3.05) is 39.9 Å². The van der Waals surface area contributed by atoms with E-state index in [0.29, 0.717) is 13.1 Å². The first-order valence-corrected chi connectivity index (χ1v) is 9.73. The van der Waals surface area contributed by atoms with Crippen molar-refractivity contribution >= 4 is 29.9 Å². The Balaban J connectivity index is 0.00000300. The molecule has 0 bridgehead atoms. The van der Waals surface area contributed by atoms with Gasteiger partial charge in [-0.05, 0) is 30.2 Å². The first-order valence-electron chi connectivity index (χ1n) is 9.73. The van der Waals surface area contributed by atoms with Crippen molar-refractivity contribution in [2.45, 2.75) is 19.5 Å². The molecular weight excluding hydrogens is 482 g/mol. The largest absolute Gasteiger partial charge is 0.379 e. The Bertz CT molecular complexity index is 761. The third kappa shape index (κ3) is 7.24. The van der Waals surface area contributed by atoms with Gasteiger partial charge in [0.15, 0.2) is 5.96 Å². The molecule has 2 N–H and O–H groups in total. The lowest BCUT2D eigenvalue weighted by Crippen LogP contribution is -2.46. The lowest BCUT2D eigenvalue weighted by atomic mass is 10.0. The molecule has 0 saturated carbocycles. The molecule has 2 aromatic carbocycles. The number of hydrogen-bond donors (Lipinski definition) is 2. The number of nitrogens with one attached hydrogen (secondary N) is 2. The second-order valence-electron chi connectivity index (χ2n) is 7.01. The van der Waals surface area contributed by atoms with E-state index in [9.17, 15) is 4.39 Å². The van der Waals surface area contributed by atoms with Gasteiger partial charge in [-0.3, -0.25) is 9.89 Å². The van der Waals surface area contributed by atoms with Crippen LogP contribution in [0.15, 0.2) is 53.5 Å². The van der Waals surface area contributed by atoms with Crippen molar-refractivity contribution in [3.8, 4) is 0 Å². The molecule has 1 aliphatic heterocycles. The van der Waals surface area contributed by atoms with E-state index < -0.39 is 0 Å². The van der Waals surface area contributed by atoms with Crippen LogP contribution in [0.4, 0.5) is 4.39 Å². The predicted octanol–water partition coefficient (Wildman–Crippen LogP) is 3.49. The Hall–Kier alpha value is -1.71. The van der Waals surface area contributed by atoms with Crippen LogP contribution in [0.5, 0.6) is 0 Å². The van der Waals surface area contributed by atoms with E-state index in [1.807, 2.05) is 12.1 Å². The number of hydrogen-bond acceptors (Lipinski definition) is 3. The zero-order chi connectivity index (χ0) is 19.8. The molecular formula is C22H30FIN4O. The third-order valence-corrected chi connectivity index (χ3v) is 5.01. The van der Waals surface area contributed by atoms with Crippen LogP contribution >= 0.6 is 24.0 Å². The lowest BCUT2D eigenvalue weighted by Gasteiger charge is -2.35. The standard InChI is InChI=1S/C22H29FN4O.HI/c1-17-3-5-18(6-4-17)15-25-22(24-2)26-16-21(27-11-13-28-14-12-27)19-7-9-20(23)10-8-19;/h3-10,21H,11-16H2,1-2H3,(H2,24,25,26);1H. The van der Waals surface area contributed by atoms with Crippen LogP contribution in [0.25, 0.3) is 0 Å². The molecule has 1 aliphatic rings. The second-order valence-corrected chi connectivity index (χ2v) is 7.01. The number of rotatable bonds is 6. The van der Waals surface area contributed by atoms with Crippen LogP contribution in [-0.2, 0) is 11.3 Å². The summed E-state index contributed by atoms with van der Waals surface area (Å²) < 4.78 is 18.9. The minimum Gasteiger partial charge on any atom is -0.379 e. The van der Waals surface area contributed by atoms with Crippen LogP contribution < -0.4 is 10.6 Å². The van der Waals surface area contributed by atoms with Gasteiger partial charge in [-0.25, -0.2) is 4.39 Å². The molecule has 5 nitrogen and oxygen atoms in total. The minimum atomic E-state index is -0.215. The van der Waals surface area contributed by atoms with Gasteiger partial charge in [-0.1, -0.05) is 42.0 Å². The van der Waals surface area contributed by atoms with E-state index in [4.69, 9.17) is 4.74 Å². The number of aryl methyl sites for hydroxylation is 1. The quantitative estimate of drug-likeness (QED) is 0.354. The van der Waals surface area contributed by atoms with E-state index in [-0.39, 0.29) is 35.8 Å². The van der Waals surface area contributed by atoms with Crippen LogP contribution in [0, 0.1) is 12.7 Å². The molecule has 0 amide bonds. The number of nitrogens with zero attached hydrogens (tertiary/aromatic N) is 2. The molecule has 3 rings (SSSR count). The molecule has 29 heavy (non-hydrogen) atoms. The number of aliphatic imine (C=N–C) groups is 1. The topological polar surface area (TPSA) is 48.9 Å². The lowest BCUT2D eigenvalue weighted by molar-refractivity contribution is 0.0170. The molecule has 0 aliphatic carbocycles. The monoisotopic (exact) mass is 512 g/mol. The van der Waals surface area contributed by atoms with Gasteiger partial charge in [0.2, 0.25) is 0 Å². The summed E-state index contributed by atoms with van der Waals surface area (Å²) in [6.07, 6.45) is 0. The number of halogens is 2. The van der Waals surface area contributed by atoms with Crippen molar-refractivity contribution in [1.82, 2.24) is 15.5 Å². The smallest absolute Gasteiger partial charge is 0.191 e. The Morgan fingerprint density at radius 2 is 1.72 bits per heavy atom. The van der Waals surface area contributed by atoms with Gasteiger partial charge in [0.05, 0.1) is 19.3 Å². The molecule has 0 spiro atoms. The molecule has 2 aromatic rings. The summed E-state index contributed by atoms with van der Waals surface area (Å²) in [6.45, 7) is 6.63. The van der Waals surface area contributed by atoms with E-state index in [0.717, 1.165) is 37.8 Å². The van der Waals surface area contributed by atoms with Crippen LogP contribution in [0.2, 0.25) is 0 Å². The number of ether oxygens (including phenoxy) is 1. The van der Waals surface area contributed by atoms with Gasteiger partial charge in [-0.2, -0.15) is 0 Å². The summed E-state index contributed by atoms with van der Waals surface area (Å²) in [5.41, 5.74) is 3.54. The molecule has 1 saturated heterocycles. The molecule has 1 heterocycles. The zero-order valence-corrected chi connectivity index (χ0v) is 19.4. The molecule has 1 atom stereocenters. The maximum absolute atomic E-state index is 13.4. The van der Waals surface area contributed by atoms with Crippen molar-refractivity contribution in [3.05, 3.63) is 71.0 Å². The highest BCUT2D eigenvalue weighted by Gasteiger charge is 2.23.